The summed E-state index contributed by atoms with van der Waals surface area (Å²) in [5.41, 5.74) is 0. The Labute approximate surface area is 127 Å². The van der Waals surface area contributed by atoms with Crippen LogP contribution in [0.25, 0.3) is 0 Å². The number of rotatable bonds is 7. The molecule has 0 radical (unpaired) electrons. The van der Waals surface area contributed by atoms with Gasteiger partial charge in [-0.15, -0.1) is 0 Å². The molecule has 1 heterocycles. The van der Waals surface area contributed by atoms with Crippen LogP contribution in [0.4, 0.5) is 0 Å². The van der Waals surface area contributed by atoms with Crippen molar-refractivity contribution < 1.29 is 8.42 Å². The van der Waals surface area contributed by atoms with Gasteiger partial charge in [-0.25, -0.2) is 13.1 Å². The van der Waals surface area contributed by atoms with Gasteiger partial charge in [-0.1, -0.05) is 33.1 Å². The van der Waals surface area contributed by atoms with E-state index in [-0.39, 0.29) is 10.9 Å². The van der Waals surface area contributed by atoms with E-state index in [4.69, 9.17) is 0 Å². The highest BCUT2D eigenvalue weighted by atomic mass is 32.2. The maximum Gasteiger partial charge on any atom is 0.243 e. The maximum absolute atomic E-state index is 12.3. The molecule has 120 valence electrons. The second kappa shape index (κ2) is 7.38. The second-order valence-electron chi connectivity index (χ2n) is 6.00. The molecule has 7 heteroatoms. The summed E-state index contributed by atoms with van der Waals surface area (Å²) in [4.78, 5) is 0.262. The first-order valence-electron chi connectivity index (χ1n) is 7.75. The molecule has 6 nitrogen and oxygen atoms in total. The van der Waals surface area contributed by atoms with E-state index in [2.05, 4.69) is 29.0 Å². The predicted octanol–water partition coefficient (Wildman–Crippen LogP) is 1.49. The largest absolute Gasteiger partial charge is 0.313 e. The summed E-state index contributed by atoms with van der Waals surface area (Å²) in [5, 5.41) is 7.41. The first kappa shape index (κ1) is 16.5. The molecule has 1 fully saturated rings. The Morgan fingerprint density at radius 2 is 2.05 bits per heavy atom. The van der Waals surface area contributed by atoms with Crippen molar-refractivity contribution in [1.82, 2.24) is 19.8 Å². The number of nitrogens with one attached hydrogen (secondary N) is 2. The molecule has 0 amide bonds. The van der Waals surface area contributed by atoms with Crippen molar-refractivity contribution in [1.29, 1.82) is 0 Å². The van der Waals surface area contributed by atoms with E-state index >= 15 is 0 Å². The van der Waals surface area contributed by atoms with Crippen molar-refractivity contribution >= 4 is 10.0 Å². The third-order valence-corrected chi connectivity index (χ3v) is 5.22. The van der Waals surface area contributed by atoms with Crippen LogP contribution in [-0.2, 0) is 16.6 Å². The Morgan fingerprint density at radius 3 is 2.71 bits per heavy atom. The monoisotopic (exact) mass is 314 g/mol. The maximum atomic E-state index is 12.3. The Kier molecular flexibility index (Phi) is 5.78. The second-order valence-corrected chi connectivity index (χ2v) is 7.72. The smallest absolute Gasteiger partial charge is 0.243 e. The van der Waals surface area contributed by atoms with Crippen LogP contribution < -0.4 is 10.0 Å². The molecule has 0 unspecified atom stereocenters. The van der Waals surface area contributed by atoms with E-state index in [1.54, 1.807) is 10.9 Å². The Morgan fingerprint density at radius 1 is 1.33 bits per heavy atom. The molecule has 1 aromatic rings. The molecule has 0 atom stereocenters. The Hall–Kier alpha value is -0.920. The highest BCUT2D eigenvalue weighted by Crippen LogP contribution is 2.19. The molecule has 21 heavy (non-hydrogen) atoms. The molecule has 1 saturated carbocycles. The first-order valence-corrected chi connectivity index (χ1v) is 9.24. The van der Waals surface area contributed by atoms with Crippen LogP contribution in [0.3, 0.4) is 0 Å². The molecule has 2 N–H and O–H groups in total. The van der Waals surface area contributed by atoms with Crippen molar-refractivity contribution in [2.45, 2.75) is 69.5 Å². The zero-order valence-corrected chi connectivity index (χ0v) is 13.7. The van der Waals surface area contributed by atoms with Gasteiger partial charge in [0, 0.05) is 24.8 Å². The van der Waals surface area contributed by atoms with Crippen LogP contribution in [0.5, 0.6) is 0 Å². The highest BCUT2D eigenvalue weighted by molar-refractivity contribution is 7.89. The third kappa shape index (κ3) is 5.09. The number of nitrogens with zero attached hydrogens (tertiary/aromatic N) is 2. The van der Waals surface area contributed by atoms with Crippen LogP contribution in [0.15, 0.2) is 17.3 Å². The summed E-state index contributed by atoms with van der Waals surface area (Å²) in [5.74, 6) is 0. The zero-order valence-electron chi connectivity index (χ0n) is 12.9. The van der Waals surface area contributed by atoms with Crippen LogP contribution in [0.2, 0.25) is 0 Å². The van der Waals surface area contributed by atoms with Crippen LogP contribution in [0.1, 0.15) is 46.0 Å². The Balaban J connectivity index is 1.92. The van der Waals surface area contributed by atoms with Gasteiger partial charge in [-0.05, 0) is 12.8 Å². The van der Waals surface area contributed by atoms with Gasteiger partial charge in [0.05, 0.1) is 12.7 Å². The van der Waals surface area contributed by atoms with Crippen LogP contribution in [0, 0.1) is 0 Å². The van der Waals surface area contributed by atoms with Crippen molar-refractivity contribution in [2.75, 3.05) is 6.54 Å². The zero-order chi connectivity index (χ0) is 15.3. The molecule has 0 spiro atoms. The normalized spacial score (nSPS) is 17.5. The van der Waals surface area contributed by atoms with Gasteiger partial charge in [0.15, 0.2) is 0 Å². The molecule has 0 aromatic carbocycles. The molecule has 0 saturated heterocycles. The standard InChI is InChI=1S/C14H26N4O2S/c1-12(2)15-8-9-18-11-14(10-16-18)21(19,20)17-13-6-4-3-5-7-13/h10-13,15,17H,3-9H2,1-2H3. The molecule has 2 rings (SSSR count). The summed E-state index contributed by atoms with van der Waals surface area (Å²) in [6, 6.07) is 0.492. The lowest BCUT2D eigenvalue weighted by molar-refractivity contribution is 0.412. The average Bonchev–Trinajstić information content (AvgIpc) is 2.88. The summed E-state index contributed by atoms with van der Waals surface area (Å²) in [6.45, 7) is 5.59. The van der Waals surface area contributed by atoms with Crippen LogP contribution >= 0.6 is 0 Å². The molecular formula is C14H26N4O2S. The van der Waals surface area contributed by atoms with Gasteiger partial charge in [0.2, 0.25) is 10.0 Å². The average molecular weight is 314 g/mol. The third-order valence-electron chi connectivity index (χ3n) is 3.74. The first-order chi connectivity index (χ1) is 9.97. The van der Waals surface area contributed by atoms with Crippen molar-refractivity contribution in [3.63, 3.8) is 0 Å². The topological polar surface area (TPSA) is 76.0 Å². The molecule has 1 aromatic heterocycles. The SMILES string of the molecule is CC(C)NCCn1cc(S(=O)(=O)NC2CCCCC2)cn1. The quantitative estimate of drug-likeness (QED) is 0.799. The van der Waals surface area contributed by atoms with E-state index in [0.717, 1.165) is 32.2 Å². The molecule has 0 aliphatic heterocycles. The molecule has 1 aliphatic rings. The fraction of sp³-hybridized carbons (Fsp3) is 0.786. The van der Waals surface area contributed by atoms with Crippen molar-refractivity contribution in [3.05, 3.63) is 12.4 Å². The van der Waals surface area contributed by atoms with Crippen LogP contribution in [-0.4, -0.2) is 36.8 Å². The number of aromatic nitrogens is 2. The fourth-order valence-electron chi connectivity index (χ4n) is 2.58. The Bertz CT molecular complexity index is 533. The summed E-state index contributed by atoms with van der Waals surface area (Å²) >= 11 is 0. The predicted molar refractivity (Wildman–Crippen MR) is 82.6 cm³/mol. The van der Waals surface area contributed by atoms with E-state index in [1.807, 2.05) is 0 Å². The summed E-state index contributed by atoms with van der Waals surface area (Å²) in [6.07, 6.45) is 8.32. The lowest BCUT2D eigenvalue weighted by Gasteiger charge is -2.22. The molecular weight excluding hydrogens is 288 g/mol. The van der Waals surface area contributed by atoms with Gasteiger partial charge >= 0.3 is 0 Å². The van der Waals surface area contributed by atoms with Gasteiger partial charge < -0.3 is 5.32 Å². The lowest BCUT2D eigenvalue weighted by atomic mass is 9.96. The van der Waals surface area contributed by atoms with E-state index in [0.29, 0.717) is 12.6 Å². The fourth-order valence-corrected chi connectivity index (χ4v) is 3.84. The van der Waals surface area contributed by atoms with E-state index < -0.39 is 10.0 Å². The number of hydrogen-bond donors (Lipinski definition) is 2. The minimum absolute atomic E-state index is 0.0784. The lowest BCUT2D eigenvalue weighted by Crippen LogP contribution is -2.36. The van der Waals surface area contributed by atoms with Gasteiger partial charge in [0.25, 0.3) is 0 Å². The van der Waals surface area contributed by atoms with Gasteiger partial charge in [-0.2, -0.15) is 5.10 Å². The number of sulfonamides is 1. The van der Waals surface area contributed by atoms with Crippen molar-refractivity contribution in [2.24, 2.45) is 0 Å². The summed E-state index contributed by atoms with van der Waals surface area (Å²) in [7, 11) is -3.43. The van der Waals surface area contributed by atoms with Crippen molar-refractivity contribution in [3.8, 4) is 0 Å². The minimum Gasteiger partial charge on any atom is -0.313 e. The minimum atomic E-state index is -3.43. The van der Waals surface area contributed by atoms with Gasteiger partial charge in [0.1, 0.15) is 4.90 Å². The van der Waals surface area contributed by atoms with E-state index in [1.165, 1.54) is 12.6 Å². The molecule has 1 aliphatic carbocycles. The highest BCUT2D eigenvalue weighted by Gasteiger charge is 2.22. The van der Waals surface area contributed by atoms with E-state index in [9.17, 15) is 8.42 Å². The van der Waals surface area contributed by atoms with Gasteiger partial charge in [-0.3, -0.25) is 4.68 Å². The molecule has 0 bridgehead atoms. The summed E-state index contributed by atoms with van der Waals surface area (Å²) < 4.78 is 29.1. The number of hydrogen-bond acceptors (Lipinski definition) is 4.